The molecule has 5 heteroatoms. The first-order chi connectivity index (χ1) is 8.43. The molecule has 1 aromatic rings. The predicted octanol–water partition coefficient (Wildman–Crippen LogP) is 3.61. The molecule has 0 aromatic carbocycles. The van der Waals surface area contributed by atoms with Gasteiger partial charge in [0.25, 0.3) is 0 Å². The molecule has 18 heavy (non-hydrogen) atoms. The van der Waals surface area contributed by atoms with Crippen LogP contribution in [0.3, 0.4) is 0 Å². The van der Waals surface area contributed by atoms with Gasteiger partial charge in [0.1, 0.15) is 11.3 Å². The standard InChI is InChI=1S/C13H21BrN2O2/c1-6-13(7-2,18-5)12(17)11-10(14)8-15-16(11)9(3)4/h8-9H,6-7H2,1-5H3. The van der Waals surface area contributed by atoms with Crippen molar-refractivity contribution in [3.63, 3.8) is 0 Å². The molecule has 1 heterocycles. The van der Waals surface area contributed by atoms with Crippen LogP contribution in [-0.4, -0.2) is 28.3 Å². The van der Waals surface area contributed by atoms with Crippen LogP contribution in [0.25, 0.3) is 0 Å². The Hall–Kier alpha value is -0.680. The zero-order valence-corrected chi connectivity index (χ0v) is 13.2. The highest BCUT2D eigenvalue weighted by Crippen LogP contribution is 2.29. The number of carbonyl (C=O) groups is 1. The average Bonchev–Trinajstić information content (AvgIpc) is 2.74. The SMILES string of the molecule is CCC(CC)(OC)C(=O)c1c(Br)cnn1C(C)C. The zero-order chi connectivity index (χ0) is 13.9. The second-order valence-corrected chi connectivity index (χ2v) is 5.47. The van der Waals surface area contributed by atoms with Crippen molar-refractivity contribution in [2.45, 2.75) is 52.2 Å². The lowest BCUT2D eigenvalue weighted by molar-refractivity contribution is -0.00361. The summed E-state index contributed by atoms with van der Waals surface area (Å²) in [6, 6.07) is 0.138. The van der Waals surface area contributed by atoms with Crippen molar-refractivity contribution in [2.24, 2.45) is 0 Å². The molecule has 0 saturated heterocycles. The second-order valence-electron chi connectivity index (χ2n) is 4.61. The molecule has 1 aromatic heterocycles. The van der Waals surface area contributed by atoms with Crippen LogP contribution in [0.1, 0.15) is 57.1 Å². The molecule has 4 nitrogen and oxygen atoms in total. The van der Waals surface area contributed by atoms with E-state index in [1.165, 1.54) is 0 Å². The molecular formula is C13H21BrN2O2. The first-order valence-corrected chi connectivity index (χ1v) is 7.05. The van der Waals surface area contributed by atoms with Crippen molar-refractivity contribution in [3.05, 3.63) is 16.4 Å². The van der Waals surface area contributed by atoms with Gasteiger partial charge < -0.3 is 4.74 Å². The van der Waals surface area contributed by atoms with Gasteiger partial charge in [-0.1, -0.05) is 13.8 Å². The van der Waals surface area contributed by atoms with Crippen molar-refractivity contribution >= 4 is 21.7 Å². The number of ketones is 1. The van der Waals surface area contributed by atoms with Crippen molar-refractivity contribution in [1.29, 1.82) is 0 Å². The van der Waals surface area contributed by atoms with Crippen LogP contribution in [0.4, 0.5) is 0 Å². The molecule has 0 aliphatic rings. The second kappa shape index (κ2) is 5.97. The summed E-state index contributed by atoms with van der Waals surface area (Å²) in [5.74, 6) is -0.00641. The zero-order valence-electron chi connectivity index (χ0n) is 11.7. The molecule has 102 valence electrons. The smallest absolute Gasteiger partial charge is 0.213 e. The number of methoxy groups -OCH3 is 1. The summed E-state index contributed by atoms with van der Waals surface area (Å²) in [6.07, 6.45) is 2.96. The van der Waals surface area contributed by atoms with Gasteiger partial charge in [0.05, 0.1) is 10.7 Å². The van der Waals surface area contributed by atoms with E-state index < -0.39 is 5.60 Å². The molecule has 0 aliphatic carbocycles. The van der Waals surface area contributed by atoms with Crippen LogP contribution >= 0.6 is 15.9 Å². The summed E-state index contributed by atoms with van der Waals surface area (Å²) in [4.78, 5) is 12.8. The number of rotatable bonds is 6. The Bertz CT molecular complexity index is 414. The molecule has 0 spiro atoms. The van der Waals surface area contributed by atoms with E-state index >= 15 is 0 Å². The number of hydrogen-bond donors (Lipinski definition) is 0. The van der Waals surface area contributed by atoms with Crippen LogP contribution < -0.4 is 0 Å². The Morgan fingerprint density at radius 1 is 1.50 bits per heavy atom. The highest BCUT2D eigenvalue weighted by Gasteiger charge is 2.38. The van der Waals surface area contributed by atoms with Crippen molar-refractivity contribution < 1.29 is 9.53 Å². The number of Topliss-reactive ketones (excluding diaryl/α,β-unsaturated/α-hetero) is 1. The quantitative estimate of drug-likeness (QED) is 0.753. The first-order valence-electron chi connectivity index (χ1n) is 6.26. The van der Waals surface area contributed by atoms with E-state index in [1.54, 1.807) is 18.0 Å². The van der Waals surface area contributed by atoms with Gasteiger partial charge in [0.2, 0.25) is 5.78 Å². The molecule has 0 unspecified atom stereocenters. The van der Waals surface area contributed by atoms with E-state index in [9.17, 15) is 4.79 Å². The van der Waals surface area contributed by atoms with Gasteiger partial charge >= 0.3 is 0 Å². The summed E-state index contributed by atoms with van der Waals surface area (Å²) in [7, 11) is 1.59. The topological polar surface area (TPSA) is 44.1 Å². The maximum atomic E-state index is 12.8. The van der Waals surface area contributed by atoms with Crippen LogP contribution in [0.15, 0.2) is 10.7 Å². The molecule has 0 atom stereocenters. The van der Waals surface area contributed by atoms with Gasteiger partial charge in [0, 0.05) is 13.2 Å². The number of hydrogen-bond acceptors (Lipinski definition) is 3. The molecule has 1 rings (SSSR count). The first kappa shape index (κ1) is 15.4. The van der Waals surface area contributed by atoms with Gasteiger partial charge in [-0.25, -0.2) is 0 Å². The summed E-state index contributed by atoms with van der Waals surface area (Å²) >= 11 is 3.41. The van der Waals surface area contributed by atoms with Crippen molar-refractivity contribution in [2.75, 3.05) is 7.11 Å². The van der Waals surface area contributed by atoms with Gasteiger partial charge in [0.15, 0.2) is 0 Å². The minimum Gasteiger partial charge on any atom is -0.370 e. The maximum Gasteiger partial charge on any atom is 0.213 e. The largest absolute Gasteiger partial charge is 0.370 e. The number of halogens is 1. The monoisotopic (exact) mass is 316 g/mol. The lowest BCUT2D eigenvalue weighted by Gasteiger charge is -2.29. The van der Waals surface area contributed by atoms with E-state index in [1.807, 2.05) is 27.7 Å². The normalized spacial score (nSPS) is 12.2. The minimum absolute atomic E-state index is 0.00641. The minimum atomic E-state index is -0.755. The molecule has 0 N–H and O–H groups in total. The third kappa shape index (κ3) is 2.52. The van der Waals surface area contributed by atoms with E-state index in [0.717, 1.165) is 4.47 Å². The Labute approximate surface area is 117 Å². The fraction of sp³-hybridized carbons (Fsp3) is 0.692. The van der Waals surface area contributed by atoms with E-state index in [4.69, 9.17) is 4.74 Å². The van der Waals surface area contributed by atoms with Crippen LogP contribution in [-0.2, 0) is 4.74 Å². The van der Waals surface area contributed by atoms with Gasteiger partial charge in [-0.2, -0.15) is 5.10 Å². The van der Waals surface area contributed by atoms with Crippen molar-refractivity contribution in [3.8, 4) is 0 Å². The Kier molecular flexibility index (Phi) is 5.10. The predicted molar refractivity (Wildman–Crippen MR) is 75.0 cm³/mol. The lowest BCUT2D eigenvalue weighted by Crippen LogP contribution is -2.41. The molecule has 0 saturated carbocycles. The third-order valence-electron chi connectivity index (χ3n) is 3.40. The molecule has 0 amide bonds. The average molecular weight is 317 g/mol. The highest BCUT2D eigenvalue weighted by molar-refractivity contribution is 9.10. The molecule has 0 radical (unpaired) electrons. The Morgan fingerprint density at radius 3 is 2.44 bits per heavy atom. The fourth-order valence-electron chi connectivity index (χ4n) is 2.11. The highest BCUT2D eigenvalue weighted by atomic mass is 79.9. The summed E-state index contributed by atoms with van der Waals surface area (Å²) < 4.78 is 7.97. The molecule has 0 bridgehead atoms. The van der Waals surface area contributed by atoms with Crippen LogP contribution in [0.2, 0.25) is 0 Å². The number of ether oxygens (including phenoxy) is 1. The van der Waals surface area contributed by atoms with E-state index in [-0.39, 0.29) is 11.8 Å². The van der Waals surface area contributed by atoms with E-state index in [0.29, 0.717) is 18.5 Å². The summed E-state index contributed by atoms with van der Waals surface area (Å²) in [6.45, 7) is 7.94. The Morgan fingerprint density at radius 2 is 2.06 bits per heavy atom. The van der Waals surface area contributed by atoms with E-state index in [2.05, 4.69) is 21.0 Å². The Balaban J connectivity index is 3.29. The molecular weight excluding hydrogens is 296 g/mol. The van der Waals surface area contributed by atoms with Crippen LogP contribution in [0, 0.1) is 0 Å². The van der Waals surface area contributed by atoms with Crippen LogP contribution in [0.5, 0.6) is 0 Å². The summed E-state index contributed by atoms with van der Waals surface area (Å²) in [5.41, 5.74) is -0.162. The number of aromatic nitrogens is 2. The van der Waals surface area contributed by atoms with Gasteiger partial charge in [-0.15, -0.1) is 0 Å². The maximum absolute atomic E-state index is 12.8. The summed E-state index contributed by atoms with van der Waals surface area (Å²) in [5, 5.41) is 4.25. The molecule has 0 fully saturated rings. The number of nitrogens with zero attached hydrogens (tertiary/aromatic N) is 2. The number of carbonyl (C=O) groups excluding carboxylic acids is 1. The van der Waals surface area contributed by atoms with Gasteiger partial charge in [-0.05, 0) is 42.6 Å². The molecule has 0 aliphatic heterocycles. The third-order valence-corrected chi connectivity index (χ3v) is 3.98. The van der Waals surface area contributed by atoms with Gasteiger partial charge in [-0.3, -0.25) is 9.48 Å². The lowest BCUT2D eigenvalue weighted by atomic mass is 9.90. The fourth-order valence-corrected chi connectivity index (χ4v) is 2.57. The van der Waals surface area contributed by atoms with Crippen molar-refractivity contribution in [1.82, 2.24) is 9.78 Å².